The Morgan fingerprint density at radius 3 is 2.68 bits per heavy atom. The summed E-state index contributed by atoms with van der Waals surface area (Å²) in [5, 5.41) is 3.95. The number of aryl methyl sites for hydroxylation is 1. The highest BCUT2D eigenvalue weighted by Gasteiger charge is 2.34. The molecule has 1 saturated heterocycles. The van der Waals surface area contributed by atoms with Gasteiger partial charge in [0.25, 0.3) is 0 Å². The lowest BCUT2D eigenvalue weighted by atomic mass is 10.3. The van der Waals surface area contributed by atoms with Gasteiger partial charge in [0.1, 0.15) is 0 Å². The smallest absolute Gasteiger partial charge is 0.317 e. The maximum atomic E-state index is 12.2. The Morgan fingerprint density at radius 1 is 1.27 bits per heavy atom. The molecule has 1 saturated carbocycles. The molecule has 2 fully saturated rings. The van der Waals surface area contributed by atoms with Crippen molar-refractivity contribution in [3.63, 3.8) is 0 Å². The van der Waals surface area contributed by atoms with Gasteiger partial charge in [0.05, 0.1) is 11.6 Å². The topological polar surface area (TPSA) is 65.5 Å². The summed E-state index contributed by atoms with van der Waals surface area (Å²) < 4.78 is 0. The number of nitrogens with one attached hydrogen (secondary N) is 1. The first-order valence-electron chi connectivity index (χ1n) is 7.86. The molecule has 3 amide bonds. The van der Waals surface area contributed by atoms with Crippen LogP contribution < -0.4 is 5.32 Å². The quantitative estimate of drug-likeness (QED) is 0.919. The Hall–Kier alpha value is -1.63. The molecule has 0 spiro atoms. The van der Waals surface area contributed by atoms with Crippen molar-refractivity contribution in [2.75, 3.05) is 26.2 Å². The fraction of sp³-hybridized carbons (Fsp3) is 0.667. The van der Waals surface area contributed by atoms with E-state index in [1.165, 1.54) is 0 Å². The van der Waals surface area contributed by atoms with E-state index in [-0.39, 0.29) is 17.9 Å². The maximum absolute atomic E-state index is 12.2. The standard InChI is InChI=1S/C15H22N4O2S/c1-11-16-9-13(22-11)10-17-15(21)19-6-2-5-18(7-8-19)14(20)12-3-4-12/h9,12H,2-8,10H2,1H3,(H,17,21). The highest BCUT2D eigenvalue weighted by Crippen LogP contribution is 2.31. The van der Waals surface area contributed by atoms with E-state index in [4.69, 9.17) is 0 Å². The third kappa shape index (κ3) is 3.76. The van der Waals surface area contributed by atoms with E-state index in [2.05, 4.69) is 10.3 Å². The lowest BCUT2D eigenvalue weighted by Crippen LogP contribution is -2.42. The molecular weight excluding hydrogens is 300 g/mol. The van der Waals surface area contributed by atoms with Crippen LogP contribution in [0, 0.1) is 12.8 Å². The van der Waals surface area contributed by atoms with Crippen LogP contribution >= 0.6 is 11.3 Å². The van der Waals surface area contributed by atoms with Gasteiger partial charge in [0.2, 0.25) is 5.91 Å². The molecule has 22 heavy (non-hydrogen) atoms. The van der Waals surface area contributed by atoms with Crippen LogP contribution in [-0.2, 0) is 11.3 Å². The molecule has 120 valence electrons. The van der Waals surface area contributed by atoms with Gasteiger partial charge in [-0.3, -0.25) is 4.79 Å². The van der Waals surface area contributed by atoms with Crippen molar-refractivity contribution < 1.29 is 9.59 Å². The van der Waals surface area contributed by atoms with Crippen molar-refractivity contribution in [2.24, 2.45) is 5.92 Å². The minimum absolute atomic E-state index is 0.0493. The van der Waals surface area contributed by atoms with Gasteiger partial charge in [0.15, 0.2) is 0 Å². The Kier molecular flexibility index (Phi) is 4.61. The molecule has 0 bridgehead atoms. The monoisotopic (exact) mass is 322 g/mol. The second-order valence-corrected chi connectivity index (χ2v) is 7.26. The molecule has 0 atom stereocenters. The second kappa shape index (κ2) is 6.64. The number of hydrogen-bond acceptors (Lipinski definition) is 4. The number of aromatic nitrogens is 1. The largest absolute Gasteiger partial charge is 0.341 e. The minimum Gasteiger partial charge on any atom is -0.341 e. The zero-order valence-corrected chi connectivity index (χ0v) is 13.7. The van der Waals surface area contributed by atoms with Crippen LogP contribution in [0.15, 0.2) is 6.20 Å². The molecule has 0 radical (unpaired) electrons. The first kappa shape index (κ1) is 15.3. The molecule has 0 aromatic carbocycles. The zero-order valence-electron chi connectivity index (χ0n) is 12.9. The lowest BCUT2D eigenvalue weighted by Gasteiger charge is -2.22. The van der Waals surface area contributed by atoms with E-state index in [0.29, 0.717) is 26.2 Å². The Morgan fingerprint density at radius 2 is 2.00 bits per heavy atom. The molecular formula is C15H22N4O2S. The fourth-order valence-electron chi connectivity index (χ4n) is 2.69. The lowest BCUT2D eigenvalue weighted by molar-refractivity contribution is -0.132. The predicted octanol–water partition coefficient (Wildman–Crippen LogP) is 1.61. The average molecular weight is 322 g/mol. The predicted molar refractivity (Wildman–Crippen MR) is 84.6 cm³/mol. The van der Waals surface area contributed by atoms with Crippen molar-refractivity contribution in [3.05, 3.63) is 16.1 Å². The molecule has 1 aromatic rings. The van der Waals surface area contributed by atoms with Gasteiger partial charge in [-0.15, -0.1) is 11.3 Å². The SMILES string of the molecule is Cc1ncc(CNC(=O)N2CCCN(C(=O)C3CC3)CC2)s1. The highest BCUT2D eigenvalue weighted by atomic mass is 32.1. The number of urea groups is 1. The van der Waals surface area contributed by atoms with E-state index in [1.54, 1.807) is 17.5 Å². The molecule has 1 aliphatic carbocycles. The van der Waals surface area contributed by atoms with Gasteiger partial charge < -0.3 is 15.1 Å². The third-order valence-corrected chi connectivity index (χ3v) is 5.02. The van der Waals surface area contributed by atoms with Crippen LogP contribution in [0.2, 0.25) is 0 Å². The zero-order chi connectivity index (χ0) is 15.5. The number of carbonyl (C=O) groups is 2. The summed E-state index contributed by atoms with van der Waals surface area (Å²) in [6.07, 6.45) is 4.73. The van der Waals surface area contributed by atoms with Gasteiger partial charge in [-0.1, -0.05) is 0 Å². The number of carbonyl (C=O) groups excluding carboxylic acids is 2. The summed E-state index contributed by atoms with van der Waals surface area (Å²) in [4.78, 5) is 33.3. The molecule has 0 unspecified atom stereocenters. The van der Waals surface area contributed by atoms with Crippen LogP contribution in [0.5, 0.6) is 0 Å². The molecule has 1 aliphatic heterocycles. The summed E-state index contributed by atoms with van der Waals surface area (Å²) in [7, 11) is 0. The second-order valence-electron chi connectivity index (χ2n) is 5.94. The van der Waals surface area contributed by atoms with Crippen LogP contribution in [0.4, 0.5) is 4.79 Å². The van der Waals surface area contributed by atoms with Crippen LogP contribution in [0.1, 0.15) is 29.1 Å². The van der Waals surface area contributed by atoms with Crippen LogP contribution in [0.3, 0.4) is 0 Å². The number of rotatable bonds is 3. The summed E-state index contributed by atoms with van der Waals surface area (Å²) in [6, 6.07) is -0.0493. The molecule has 1 aromatic heterocycles. The molecule has 6 nitrogen and oxygen atoms in total. The molecule has 3 rings (SSSR count). The Balaban J connectivity index is 1.47. The summed E-state index contributed by atoms with van der Waals surface area (Å²) in [5.41, 5.74) is 0. The van der Waals surface area contributed by atoms with Crippen molar-refractivity contribution >= 4 is 23.3 Å². The Labute approximate surface area is 134 Å². The first-order valence-corrected chi connectivity index (χ1v) is 8.68. The number of thiazole rings is 1. The summed E-state index contributed by atoms with van der Waals surface area (Å²) in [6.45, 7) is 5.23. The number of amides is 3. The van der Waals surface area contributed by atoms with E-state index >= 15 is 0 Å². The van der Waals surface area contributed by atoms with Gasteiger partial charge in [-0.25, -0.2) is 9.78 Å². The molecule has 1 N–H and O–H groups in total. The van der Waals surface area contributed by atoms with E-state index in [0.717, 1.165) is 35.7 Å². The fourth-order valence-corrected chi connectivity index (χ4v) is 3.43. The van der Waals surface area contributed by atoms with E-state index < -0.39 is 0 Å². The first-order chi connectivity index (χ1) is 10.6. The van der Waals surface area contributed by atoms with Gasteiger partial charge in [0, 0.05) is 43.2 Å². The molecule has 2 heterocycles. The minimum atomic E-state index is -0.0493. The Bertz CT molecular complexity index is 555. The molecule has 2 aliphatic rings. The third-order valence-electron chi connectivity index (χ3n) is 4.10. The van der Waals surface area contributed by atoms with Crippen molar-refractivity contribution in [1.82, 2.24) is 20.1 Å². The molecule has 7 heteroatoms. The van der Waals surface area contributed by atoms with E-state index in [1.807, 2.05) is 16.7 Å². The highest BCUT2D eigenvalue weighted by molar-refractivity contribution is 7.11. The van der Waals surface area contributed by atoms with Crippen molar-refractivity contribution in [3.8, 4) is 0 Å². The summed E-state index contributed by atoms with van der Waals surface area (Å²) in [5.74, 6) is 0.539. The van der Waals surface area contributed by atoms with Crippen LogP contribution in [0.25, 0.3) is 0 Å². The maximum Gasteiger partial charge on any atom is 0.317 e. The normalized spacial score (nSPS) is 19.0. The number of hydrogen-bond donors (Lipinski definition) is 1. The van der Waals surface area contributed by atoms with Gasteiger partial charge in [-0.2, -0.15) is 0 Å². The van der Waals surface area contributed by atoms with E-state index in [9.17, 15) is 9.59 Å². The van der Waals surface area contributed by atoms with Gasteiger partial charge >= 0.3 is 6.03 Å². The average Bonchev–Trinajstić information content (AvgIpc) is 3.30. The van der Waals surface area contributed by atoms with Crippen LogP contribution in [-0.4, -0.2) is 52.9 Å². The summed E-state index contributed by atoms with van der Waals surface area (Å²) >= 11 is 1.60. The van der Waals surface area contributed by atoms with Gasteiger partial charge in [-0.05, 0) is 26.2 Å². The van der Waals surface area contributed by atoms with Crippen molar-refractivity contribution in [1.29, 1.82) is 0 Å². The van der Waals surface area contributed by atoms with Crippen molar-refractivity contribution in [2.45, 2.75) is 32.7 Å². The number of nitrogens with zero attached hydrogens (tertiary/aromatic N) is 3.